The minimum atomic E-state index is 0.0641. The van der Waals surface area contributed by atoms with E-state index in [1.165, 1.54) is 0 Å². The van der Waals surface area contributed by atoms with Crippen LogP contribution in [0.15, 0.2) is 61.1 Å². The Labute approximate surface area is 164 Å². The summed E-state index contributed by atoms with van der Waals surface area (Å²) in [4.78, 5) is 23.8. The fraction of sp³-hybridized carbons (Fsp3) is 0.318. The Morgan fingerprint density at radius 3 is 2.71 bits per heavy atom. The highest BCUT2D eigenvalue weighted by molar-refractivity contribution is 5.94. The number of amides is 1. The molecule has 0 atom stereocenters. The summed E-state index contributed by atoms with van der Waals surface area (Å²) in [6.07, 6.45) is 7.50. The Kier molecular flexibility index (Phi) is 5.37. The summed E-state index contributed by atoms with van der Waals surface area (Å²) in [6.45, 7) is 2.19. The number of rotatable bonds is 5. The van der Waals surface area contributed by atoms with Gasteiger partial charge in [0.2, 0.25) is 0 Å². The van der Waals surface area contributed by atoms with Crippen LogP contribution in [0.4, 0.5) is 0 Å². The molecule has 144 valence electrons. The number of piperidine rings is 1. The fourth-order valence-corrected chi connectivity index (χ4v) is 3.76. The lowest BCUT2D eigenvalue weighted by Crippen LogP contribution is -2.38. The van der Waals surface area contributed by atoms with Crippen molar-refractivity contribution in [1.29, 1.82) is 0 Å². The second kappa shape index (κ2) is 8.25. The van der Waals surface area contributed by atoms with E-state index in [4.69, 9.17) is 4.74 Å². The van der Waals surface area contributed by atoms with Gasteiger partial charge in [-0.15, -0.1) is 0 Å². The minimum Gasteiger partial charge on any atom is -0.497 e. The SMILES string of the molecule is COc1cccc(C(=O)N2CCC(c3nccn3Cc3ccccn3)CC2)c1. The molecule has 1 amide bonds. The van der Waals surface area contributed by atoms with E-state index in [0.717, 1.165) is 44.0 Å². The molecule has 1 aromatic carbocycles. The van der Waals surface area contributed by atoms with Gasteiger partial charge in [-0.1, -0.05) is 12.1 Å². The fourth-order valence-electron chi connectivity index (χ4n) is 3.76. The number of benzene rings is 1. The number of hydrogen-bond donors (Lipinski definition) is 0. The Morgan fingerprint density at radius 1 is 1.11 bits per heavy atom. The zero-order valence-electron chi connectivity index (χ0n) is 16.0. The van der Waals surface area contributed by atoms with E-state index in [1.807, 2.05) is 59.9 Å². The number of carbonyl (C=O) groups is 1. The predicted octanol–water partition coefficient (Wildman–Crippen LogP) is 3.35. The van der Waals surface area contributed by atoms with E-state index in [9.17, 15) is 4.79 Å². The van der Waals surface area contributed by atoms with Crippen molar-refractivity contribution in [3.8, 4) is 5.75 Å². The Bertz CT molecular complexity index is 930. The van der Waals surface area contributed by atoms with Gasteiger partial charge in [0.25, 0.3) is 5.91 Å². The van der Waals surface area contributed by atoms with Crippen molar-refractivity contribution >= 4 is 5.91 Å². The van der Waals surface area contributed by atoms with Gasteiger partial charge in [-0.05, 0) is 43.2 Å². The van der Waals surface area contributed by atoms with Gasteiger partial charge < -0.3 is 14.2 Å². The van der Waals surface area contributed by atoms with Gasteiger partial charge >= 0.3 is 0 Å². The lowest BCUT2D eigenvalue weighted by molar-refractivity contribution is 0.0710. The van der Waals surface area contributed by atoms with Gasteiger partial charge in [-0.2, -0.15) is 0 Å². The second-order valence-corrected chi connectivity index (χ2v) is 7.03. The van der Waals surface area contributed by atoms with Crippen molar-refractivity contribution in [2.45, 2.75) is 25.3 Å². The van der Waals surface area contributed by atoms with Gasteiger partial charge in [0.15, 0.2) is 0 Å². The standard InChI is InChI=1S/C22H24N4O2/c1-28-20-7-4-5-18(15-20)22(27)25-12-8-17(9-13-25)21-24-11-14-26(21)16-19-6-2-3-10-23-19/h2-7,10-11,14-15,17H,8-9,12-13,16H2,1H3. The first kappa shape index (κ1) is 18.2. The molecular weight excluding hydrogens is 352 g/mol. The molecule has 0 radical (unpaired) electrons. The second-order valence-electron chi connectivity index (χ2n) is 7.03. The largest absolute Gasteiger partial charge is 0.497 e. The average Bonchev–Trinajstić information content (AvgIpc) is 3.22. The highest BCUT2D eigenvalue weighted by Crippen LogP contribution is 2.28. The molecule has 0 saturated carbocycles. The number of aromatic nitrogens is 3. The van der Waals surface area contributed by atoms with E-state index in [2.05, 4.69) is 14.5 Å². The van der Waals surface area contributed by atoms with Crippen LogP contribution in [0.3, 0.4) is 0 Å². The Morgan fingerprint density at radius 2 is 1.96 bits per heavy atom. The van der Waals surface area contributed by atoms with Gasteiger partial charge in [0, 0.05) is 43.2 Å². The van der Waals surface area contributed by atoms with Crippen molar-refractivity contribution < 1.29 is 9.53 Å². The van der Waals surface area contributed by atoms with Crippen molar-refractivity contribution in [1.82, 2.24) is 19.4 Å². The van der Waals surface area contributed by atoms with Gasteiger partial charge in [-0.3, -0.25) is 9.78 Å². The number of nitrogens with zero attached hydrogens (tertiary/aromatic N) is 4. The van der Waals surface area contributed by atoms with E-state index in [0.29, 0.717) is 17.2 Å². The molecule has 1 fully saturated rings. The molecule has 0 spiro atoms. The van der Waals surface area contributed by atoms with Crippen LogP contribution in [0.5, 0.6) is 5.75 Å². The molecule has 28 heavy (non-hydrogen) atoms. The van der Waals surface area contributed by atoms with Crippen LogP contribution in [0.25, 0.3) is 0 Å². The maximum atomic E-state index is 12.8. The third-order valence-electron chi connectivity index (χ3n) is 5.27. The third kappa shape index (κ3) is 3.91. The Balaban J connectivity index is 1.41. The summed E-state index contributed by atoms with van der Waals surface area (Å²) in [5, 5.41) is 0. The van der Waals surface area contributed by atoms with Gasteiger partial charge in [0.05, 0.1) is 19.3 Å². The predicted molar refractivity (Wildman–Crippen MR) is 106 cm³/mol. The number of hydrogen-bond acceptors (Lipinski definition) is 4. The highest BCUT2D eigenvalue weighted by Gasteiger charge is 2.27. The molecule has 2 aromatic heterocycles. The zero-order valence-corrected chi connectivity index (χ0v) is 16.0. The van der Waals surface area contributed by atoms with E-state index in [1.54, 1.807) is 13.2 Å². The molecule has 0 N–H and O–H groups in total. The molecule has 0 unspecified atom stereocenters. The minimum absolute atomic E-state index is 0.0641. The third-order valence-corrected chi connectivity index (χ3v) is 5.27. The van der Waals surface area contributed by atoms with Crippen molar-refractivity contribution in [2.75, 3.05) is 20.2 Å². The van der Waals surface area contributed by atoms with Crippen LogP contribution < -0.4 is 4.74 Å². The lowest BCUT2D eigenvalue weighted by atomic mass is 9.95. The first-order valence-corrected chi connectivity index (χ1v) is 9.59. The lowest BCUT2D eigenvalue weighted by Gasteiger charge is -2.32. The van der Waals surface area contributed by atoms with Gasteiger partial charge in [0.1, 0.15) is 11.6 Å². The number of methoxy groups -OCH3 is 1. The van der Waals surface area contributed by atoms with Gasteiger partial charge in [-0.25, -0.2) is 4.98 Å². The van der Waals surface area contributed by atoms with Crippen LogP contribution in [0.2, 0.25) is 0 Å². The molecule has 4 rings (SSSR count). The Hall–Kier alpha value is -3.15. The summed E-state index contributed by atoms with van der Waals surface area (Å²) >= 11 is 0. The molecule has 1 aliphatic rings. The average molecular weight is 376 g/mol. The number of ether oxygens (including phenoxy) is 1. The topological polar surface area (TPSA) is 60.2 Å². The molecule has 3 heterocycles. The first-order chi connectivity index (χ1) is 13.7. The molecule has 0 aliphatic carbocycles. The summed E-state index contributed by atoms with van der Waals surface area (Å²) < 4.78 is 7.41. The maximum absolute atomic E-state index is 12.8. The number of likely N-dealkylation sites (tertiary alicyclic amines) is 1. The normalized spacial score (nSPS) is 14.8. The maximum Gasteiger partial charge on any atom is 0.253 e. The molecule has 6 heteroatoms. The smallest absolute Gasteiger partial charge is 0.253 e. The van der Waals surface area contributed by atoms with Crippen LogP contribution in [-0.4, -0.2) is 45.5 Å². The molecular formula is C22H24N4O2. The van der Waals surface area contributed by atoms with Crippen LogP contribution >= 0.6 is 0 Å². The van der Waals surface area contributed by atoms with Crippen LogP contribution in [0, 0.1) is 0 Å². The summed E-state index contributed by atoms with van der Waals surface area (Å²) in [7, 11) is 1.61. The molecule has 1 saturated heterocycles. The molecule has 6 nitrogen and oxygen atoms in total. The van der Waals surface area contributed by atoms with Crippen LogP contribution in [0.1, 0.15) is 40.6 Å². The van der Waals surface area contributed by atoms with Crippen molar-refractivity contribution in [2.24, 2.45) is 0 Å². The van der Waals surface area contributed by atoms with E-state index >= 15 is 0 Å². The highest BCUT2D eigenvalue weighted by atomic mass is 16.5. The summed E-state index contributed by atoms with van der Waals surface area (Å²) in [5.41, 5.74) is 1.70. The van der Waals surface area contributed by atoms with E-state index in [-0.39, 0.29) is 5.91 Å². The van der Waals surface area contributed by atoms with Crippen molar-refractivity contribution in [3.05, 3.63) is 78.1 Å². The quantitative estimate of drug-likeness (QED) is 0.685. The number of imidazole rings is 1. The molecule has 0 bridgehead atoms. The monoisotopic (exact) mass is 376 g/mol. The zero-order chi connectivity index (χ0) is 19.3. The van der Waals surface area contributed by atoms with E-state index < -0.39 is 0 Å². The first-order valence-electron chi connectivity index (χ1n) is 9.59. The summed E-state index contributed by atoms with van der Waals surface area (Å²) in [6, 6.07) is 13.3. The number of carbonyl (C=O) groups excluding carboxylic acids is 1. The molecule has 1 aliphatic heterocycles. The number of pyridine rings is 1. The molecule has 3 aromatic rings. The van der Waals surface area contributed by atoms with Crippen LogP contribution in [-0.2, 0) is 6.54 Å². The summed E-state index contributed by atoms with van der Waals surface area (Å²) in [5.74, 6) is 2.21. The van der Waals surface area contributed by atoms with Crippen molar-refractivity contribution in [3.63, 3.8) is 0 Å².